The standard InChI is InChI=1S/C13H17NOS/c1-9(2)14-7-13-12(4-5-15-13)11-6-10(3)16-8-11/h4-6,8-9,14H,7H2,1-3H3. The SMILES string of the molecule is Cc1cc(-c2ccoc2CNC(C)C)cs1. The summed E-state index contributed by atoms with van der Waals surface area (Å²) < 4.78 is 5.52. The highest BCUT2D eigenvalue weighted by Crippen LogP contribution is 2.28. The first kappa shape index (κ1) is 11.4. The van der Waals surface area contributed by atoms with E-state index in [1.807, 2.05) is 6.07 Å². The van der Waals surface area contributed by atoms with Crippen molar-refractivity contribution in [2.45, 2.75) is 33.4 Å². The third kappa shape index (κ3) is 2.54. The Hall–Kier alpha value is -1.06. The van der Waals surface area contributed by atoms with Crippen LogP contribution in [0.25, 0.3) is 11.1 Å². The highest BCUT2D eigenvalue weighted by atomic mass is 32.1. The molecule has 0 aliphatic carbocycles. The fourth-order valence-electron chi connectivity index (χ4n) is 1.62. The quantitative estimate of drug-likeness (QED) is 0.871. The average molecular weight is 235 g/mol. The summed E-state index contributed by atoms with van der Waals surface area (Å²) in [4.78, 5) is 1.33. The van der Waals surface area contributed by atoms with Gasteiger partial charge in [-0.25, -0.2) is 0 Å². The summed E-state index contributed by atoms with van der Waals surface area (Å²) in [6.45, 7) is 7.18. The highest BCUT2D eigenvalue weighted by molar-refractivity contribution is 7.10. The van der Waals surface area contributed by atoms with Gasteiger partial charge in [-0.3, -0.25) is 0 Å². The largest absolute Gasteiger partial charge is 0.467 e. The average Bonchev–Trinajstić information content (AvgIpc) is 2.82. The van der Waals surface area contributed by atoms with Crippen molar-refractivity contribution in [2.75, 3.05) is 0 Å². The fraction of sp³-hybridized carbons (Fsp3) is 0.385. The number of aryl methyl sites for hydroxylation is 1. The molecule has 2 rings (SSSR count). The van der Waals surface area contributed by atoms with Crippen molar-refractivity contribution in [3.63, 3.8) is 0 Å². The smallest absolute Gasteiger partial charge is 0.125 e. The number of thiophene rings is 1. The molecule has 0 bridgehead atoms. The molecule has 0 spiro atoms. The zero-order valence-electron chi connectivity index (χ0n) is 9.91. The van der Waals surface area contributed by atoms with E-state index < -0.39 is 0 Å². The van der Waals surface area contributed by atoms with Gasteiger partial charge in [-0.15, -0.1) is 11.3 Å². The van der Waals surface area contributed by atoms with E-state index in [0.717, 1.165) is 12.3 Å². The van der Waals surface area contributed by atoms with Crippen molar-refractivity contribution in [1.82, 2.24) is 5.32 Å². The highest BCUT2D eigenvalue weighted by Gasteiger charge is 2.09. The van der Waals surface area contributed by atoms with E-state index in [0.29, 0.717) is 6.04 Å². The van der Waals surface area contributed by atoms with Crippen LogP contribution in [0.15, 0.2) is 28.2 Å². The maximum Gasteiger partial charge on any atom is 0.125 e. The molecule has 0 aliphatic heterocycles. The maximum absolute atomic E-state index is 5.52. The zero-order valence-corrected chi connectivity index (χ0v) is 10.7. The number of hydrogen-bond donors (Lipinski definition) is 1. The Morgan fingerprint density at radius 3 is 2.88 bits per heavy atom. The van der Waals surface area contributed by atoms with Crippen LogP contribution in [0, 0.1) is 6.92 Å². The lowest BCUT2D eigenvalue weighted by molar-refractivity contribution is 0.466. The minimum atomic E-state index is 0.474. The Morgan fingerprint density at radius 2 is 2.25 bits per heavy atom. The molecule has 0 aliphatic rings. The fourth-order valence-corrected chi connectivity index (χ4v) is 2.32. The van der Waals surface area contributed by atoms with Gasteiger partial charge in [-0.2, -0.15) is 0 Å². The van der Waals surface area contributed by atoms with Crippen LogP contribution in [0.1, 0.15) is 24.5 Å². The third-order valence-electron chi connectivity index (χ3n) is 2.46. The van der Waals surface area contributed by atoms with E-state index in [2.05, 4.69) is 37.5 Å². The third-order valence-corrected chi connectivity index (χ3v) is 3.32. The number of hydrogen-bond acceptors (Lipinski definition) is 3. The topological polar surface area (TPSA) is 25.2 Å². The van der Waals surface area contributed by atoms with Gasteiger partial charge in [0.05, 0.1) is 12.8 Å². The van der Waals surface area contributed by atoms with Gasteiger partial charge < -0.3 is 9.73 Å². The van der Waals surface area contributed by atoms with Crippen LogP contribution in [0.3, 0.4) is 0 Å². The Kier molecular flexibility index (Phi) is 3.46. The van der Waals surface area contributed by atoms with Gasteiger partial charge in [0.25, 0.3) is 0 Å². The van der Waals surface area contributed by atoms with E-state index in [1.165, 1.54) is 16.0 Å². The predicted octanol–water partition coefficient (Wildman–Crippen LogP) is 3.81. The van der Waals surface area contributed by atoms with Crippen molar-refractivity contribution in [1.29, 1.82) is 0 Å². The molecular weight excluding hydrogens is 218 g/mol. The van der Waals surface area contributed by atoms with Gasteiger partial charge in [0.1, 0.15) is 5.76 Å². The van der Waals surface area contributed by atoms with E-state index in [1.54, 1.807) is 17.6 Å². The summed E-state index contributed by atoms with van der Waals surface area (Å²) in [6.07, 6.45) is 1.76. The van der Waals surface area contributed by atoms with E-state index in [-0.39, 0.29) is 0 Å². The molecule has 86 valence electrons. The molecule has 0 atom stereocenters. The summed E-state index contributed by atoms with van der Waals surface area (Å²) >= 11 is 1.77. The van der Waals surface area contributed by atoms with Gasteiger partial charge in [-0.1, -0.05) is 13.8 Å². The molecule has 1 N–H and O–H groups in total. The Balaban J connectivity index is 2.19. The molecule has 2 aromatic rings. The molecule has 0 saturated heterocycles. The molecule has 0 fully saturated rings. The van der Waals surface area contributed by atoms with Gasteiger partial charge >= 0.3 is 0 Å². The van der Waals surface area contributed by atoms with Crippen LogP contribution in [0.4, 0.5) is 0 Å². The number of rotatable bonds is 4. The van der Waals surface area contributed by atoms with Crippen LogP contribution in [-0.4, -0.2) is 6.04 Å². The van der Waals surface area contributed by atoms with E-state index in [4.69, 9.17) is 4.42 Å². The summed E-state index contributed by atoms with van der Waals surface area (Å²) in [5.74, 6) is 1.02. The lowest BCUT2D eigenvalue weighted by atomic mass is 10.1. The Morgan fingerprint density at radius 1 is 1.44 bits per heavy atom. The lowest BCUT2D eigenvalue weighted by Crippen LogP contribution is -2.21. The van der Waals surface area contributed by atoms with E-state index in [9.17, 15) is 0 Å². The van der Waals surface area contributed by atoms with Crippen LogP contribution in [0.5, 0.6) is 0 Å². The van der Waals surface area contributed by atoms with Gasteiger partial charge in [0, 0.05) is 16.5 Å². The first-order valence-electron chi connectivity index (χ1n) is 5.52. The lowest BCUT2D eigenvalue weighted by Gasteiger charge is -2.07. The summed E-state index contributed by atoms with van der Waals surface area (Å²) in [5, 5.41) is 5.55. The van der Waals surface area contributed by atoms with Crippen molar-refractivity contribution >= 4 is 11.3 Å². The molecule has 0 unspecified atom stereocenters. The normalized spacial score (nSPS) is 11.2. The van der Waals surface area contributed by atoms with Gasteiger partial charge in [0.15, 0.2) is 0 Å². The second-order valence-electron chi connectivity index (χ2n) is 4.24. The van der Waals surface area contributed by atoms with Crippen LogP contribution in [0.2, 0.25) is 0 Å². The van der Waals surface area contributed by atoms with Crippen molar-refractivity contribution < 1.29 is 4.42 Å². The summed E-state index contributed by atoms with van der Waals surface area (Å²) in [6, 6.07) is 4.72. The monoisotopic (exact) mass is 235 g/mol. The molecule has 3 heteroatoms. The minimum absolute atomic E-state index is 0.474. The summed E-state index contributed by atoms with van der Waals surface area (Å²) in [7, 11) is 0. The number of nitrogens with one attached hydrogen (secondary N) is 1. The Bertz CT molecular complexity index is 456. The van der Waals surface area contributed by atoms with Crippen molar-refractivity contribution in [3.05, 3.63) is 34.4 Å². The second kappa shape index (κ2) is 4.85. The van der Waals surface area contributed by atoms with Gasteiger partial charge in [-0.05, 0) is 30.0 Å². The molecule has 16 heavy (non-hydrogen) atoms. The Labute approximate surface area is 100 Å². The van der Waals surface area contributed by atoms with E-state index >= 15 is 0 Å². The van der Waals surface area contributed by atoms with Crippen LogP contribution in [-0.2, 0) is 6.54 Å². The molecule has 2 nitrogen and oxygen atoms in total. The van der Waals surface area contributed by atoms with Gasteiger partial charge in [0.2, 0.25) is 0 Å². The molecular formula is C13H17NOS. The molecule has 0 radical (unpaired) electrons. The molecule has 0 amide bonds. The molecule has 0 saturated carbocycles. The molecule has 0 aromatic carbocycles. The number of furan rings is 1. The van der Waals surface area contributed by atoms with Crippen molar-refractivity contribution in [3.8, 4) is 11.1 Å². The first-order chi connectivity index (χ1) is 7.66. The predicted molar refractivity (Wildman–Crippen MR) is 68.7 cm³/mol. The van der Waals surface area contributed by atoms with Crippen molar-refractivity contribution in [2.24, 2.45) is 0 Å². The molecule has 2 aromatic heterocycles. The van der Waals surface area contributed by atoms with Crippen LogP contribution >= 0.6 is 11.3 Å². The summed E-state index contributed by atoms with van der Waals surface area (Å²) in [5.41, 5.74) is 2.47. The second-order valence-corrected chi connectivity index (χ2v) is 5.35. The van der Waals surface area contributed by atoms with Crippen LogP contribution < -0.4 is 5.32 Å². The maximum atomic E-state index is 5.52. The minimum Gasteiger partial charge on any atom is -0.467 e. The zero-order chi connectivity index (χ0) is 11.5. The first-order valence-corrected chi connectivity index (χ1v) is 6.40. The molecule has 2 heterocycles.